The predicted octanol–water partition coefficient (Wildman–Crippen LogP) is 4.31. The Morgan fingerprint density at radius 1 is 1.15 bits per heavy atom. The fourth-order valence-corrected chi connectivity index (χ4v) is 4.94. The number of nitrogens with zero attached hydrogens (tertiary/aromatic N) is 4. The third-order valence-electron chi connectivity index (χ3n) is 7.00. The molecule has 2 rings (SSSR count). The van der Waals surface area contributed by atoms with Crippen LogP contribution in [-0.4, -0.2) is 91.3 Å². The van der Waals surface area contributed by atoms with E-state index < -0.39 is 0 Å². The van der Waals surface area contributed by atoms with Crippen molar-refractivity contribution in [2.75, 3.05) is 53.4 Å². The van der Waals surface area contributed by atoms with E-state index in [1.807, 2.05) is 9.80 Å². The summed E-state index contributed by atoms with van der Waals surface area (Å²) in [5.41, 5.74) is 2.43. The van der Waals surface area contributed by atoms with Crippen molar-refractivity contribution in [2.45, 2.75) is 71.8 Å². The maximum absolute atomic E-state index is 13.5. The molecule has 6 nitrogen and oxygen atoms in total. The van der Waals surface area contributed by atoms with Gasteiger partial charge in [0.05, 0.1) is 6.54 Å². The normalized spacial score (nSPS) is 20.8. The van der Waals surface area contributed by atoms with Gasteiger partial charge in [-0.2, -0.15) is 0 Å². The largest absolute Gasteiger partial charge is 0.345 e. The number of allylic oxidation sites excluding steroid dienone is 5. The molecule has 0 saturated carbocycles. The molecule has 0 N–H and O–H groups in total. The monoisotopic (exact) mass is 472 g/mol. The number of likely N-dealkylation sites (tertiary alicyclic amines) is 1. The van der Waals surface area contributed by atoms with Crippen LogP contribution in [-0.2, 0) is 9.59 Å². The lowest BCUT2D eigenvalue weighted by molar-refractivity contribution is -0.130. The minimum atomic E-state index is 0.196. The lowest BCUT2D eigenvalue weighted by atomic mass is 10.1. The van der Waals surface area contributed by atoms with Crippen molar-refractivity contribution in [1.82, 2.24) is 19.6 Å². The first-order valence-corrected chi connectivity index (χ1v) is 13.3. The third-order valence-corrected chi connectivity index (χ3v) is 7.00. The van der Waals surface area contributed by atoms with Crippen LogP contribution in [0.2, 0.25) is 0 Å². The number of carbonyl (C=O) groups is 2. The molecule has 2 aliphatic rings. The molecular weight excluding hydrogens is 424 g/mol. The molecule has 2 atom stereocenters. The SMILES string of the molecule is CCCCN(C(=O)CN1C[C@H](C)CC1CCN(C=O)CCCN(C)C)C1=CCC(CC)=CC=C1. The Hall–Kier alpha value is -1.92. The molecule has 34 heavy (non-hydrogen) atoms. The third kappa shape index (κ3) is 9.38. The van der Waals surface area contributed by atoms with Crippen LogP contribution in [0.5, 0.6) is 0 Å². The van der Waals surface area contributed by atoms with Crippen molar-refractivity contribution in [3.63, 3.8) is 0 Å². The van der Waals surface area contributed by atoms with Gasteiger partial charge in [-0.1, -0.05) is 51.0 Å². The molecule has 0 aromatic rings. The first-order valence-electron chi connectivity index (χ1n) is 13.3. The Morgan fingerprint density at radius 2 is 1.94 bits per heavy atom. The van der Waals surface area contributed by atoms with Gasteiger partial charge in [0.15, 0.2) is 0 Å². The summed E-state index contributed by atoms with van der Waals surface area (Å²) in [6.07, 6.45) is 16.6. The van der Waals surface area contributed by atoms with Crippen LogP contribution in [0.3, 0.4) is 0 Å². The predicted molar refractivity (Wildman–Crippen MR) is 141 cm³/mol. The van der Waals surface area contributed by atoms with Crippen molar-refractivity contribution >= 4 is 12.3 Å². The zero-order valence-corrected chi connectivity index (χ0v) is 22.3. The topological polar surface area (TPSA) is 47.1 Å². The number of carbonyl (C=O) groups excluding carboxylic acids is 2. The van der Waals surface area contributed by atoms with Gasteiger partial charge in [-0.25, -0.2) is 0 Å². The summed E-state index contributed by atoms with van der Waals surface area (Å²) < 4.78 is 0. The molecule has 192 valence electrons. The summed E-state index contributed by atoms with van der Waals surface area (Å²) in [6.45, 7) is 11.4. The molecule has 0 radical (unpaired) electrons. The second-order valence-electron chi connectivity index (χ2n) is 10.3. The number of hydrogen-bond acceptors (Lipinski definition) is 4. The molecule has 6 heteroatoms. The van der Waals surface area contributed by atoms with Crippen LogP contribution >= 0.6 is 0 Å². The Kier molecular flexibility index (Phi) is 12.6. The molecule has 0 spiro atoms. The number of hydrogen-bond donors (Lipinski definition) is 0. The van der Waals surface area contributed by atoms with Gasteiger partial charge in [-0.3, -0.25) is 14.5 Å². The maximum Gasteiger partial charge on any atom is 0.241 e. The van der Waals surface area contributed by atoms with Gasteiger partial charge < -0.3 is 14.7 Å². The van der Waals surface area contributed by atoms with Crippen LogP contribution < -0.4 is 0 Å². The van der Waals surface area contributed by atoms with Gasteiger partial charge in [0.25, 0.3) is 0 Å². The molecule has 0 bridgehead atoms. The average molecular weight is 473 g/mol. The van der Waals surface area contributed by atoms with Crippen molar-refractivity contribution < 1.29 is 9.59 Å². The second kappa shape index (κ2) is 15.2. The van der Waals surface area contributed by atoms with Gasteiger partial charge in [0, 0.05) is 37.9 Å². The van der Waals surface area contributed by atoms with E-state index in [0.29, 0.717) is 18.5 Å². The van der Waals surface area contributed by atoms with E-state index in [4.69, 9.17) is 0 Å². The first-order chi connectivity index (χ1) is 16.4. The Bertz CT molecular complexity index is 728. The van der Waals surface area contributed by atoms with E-state index in [1.54, 1.807) is 0 Å². The van der Waals surface area contributed by atoms with Crippen molar-refractivity contribution in [3.8, 4) is 0 Å². The molecule has 2 amide bonds. The van der Waals surface area contributed by atoms with Crippen molar-refractivity contribution in [2.24, 2.45) is 5.92 Å². The Balaban J connectivity index is 1.99. The molecule has 1 fully saturated rings. The van der Waals surface area contributed by atoms with Crippen molar-refractivity contribution in [1.29, 1.82) is 0 Å². The van der Waals surface area contributed by atoms with E-state index >= 15 is 0 Å². The van der Waals surface area contributed by atoms with Crippen LogP contribution in [0.25, 0.3) is 0 Å². The molecule has 1 saturated heterocycles. The number of amides is 2. The smallest absolute Gasteiger partial charge is 0.241 e. The lowest BCUT2D eigenvalue weighted by Crippen LogP contribution is -2.43. The highest BCUT2D eigenvalue weighted by atomic mass is 16.2. The highest BCUT2D eigenvalue weighted by molar-refractivity contribution is 5.80. The molecule has 1 aliphatic carbocycles. The fraction of sp³-hybridized carbons (Fsp3) is 0.714. The highest BCUT2D eigenvalue weighted by Crippen LogP contribution is 2.26. The van der Waals surface area contributed by atoms with Gasteiger partial charge in [0.1, 0.15) is 0 Å². The van der Waals surface area contributed by atoms with Crippen molar-refractivity contribution in [3.05, 3.63) is 35.6 Å². The first kappa shape index (κ1) is 28.3. The van der Waals surface area contributed by atoms with Crippen LogP contribution in [0, 0.1) is 5.92 Å². The van der Waals surface area contributed by atoms with E-state index in [-0.39, 0.29) is 5.91 Å². The summed E-state index contributed by atoms with van der Waals surface area (Å²) >= 11 is 0. The Labute approximate surface area is 208 Å². The second-order valence-corrected chi connectivity index (χ2v) is 10.3. The summed E-state index contributed by atoms with van der Waals surface area (Å²) in [6, 6.07) is 0.357. The Morgan fingerprint density at radius 3 is 2.62 bits per heavy atom. The molecular formula is C28H48N4O2. The van der Waals surface area contributed by atoms with E-state index in [1.165, 1.54) is 5.57 Å². The molecule has 1 heterocycles. The van der Waals surface area contributed by atoms with Crippen LogP contribution in [0.4, 0.5) is 0 Å². The molecule has 0 aromatic carbocycles. The van der Waals surface area contributed by atoms with Gasteiger partial charge in [-0.05, 0) is 71.2 Å². The summed E-state index contributed by atoms with van der Waals surface area (Å²) in [4.78, 5) is 33.5. The van der Waals surface area contributed by atoms with Gasteiger partial charge >= 0.3 is 0 Å². The van der Waals surface area contributed by atoms with Crippen LogP contribution in [0.1, 0.15) is 65.7 Å². The fourth-order valence-electron chi connectivity index (χ4n) is 4.94. The molecule has 0 aromatic heterocycles. The zero-order chi connectivity index (χ0) is 24.9. The van der Waals surface area contributed by atoms with E-state index in [0.717, 1.165) is 89.8 Å². The highest BCUT2D eigenvalue weighted by Gasteiger charge is 2.32. The minimum Gasteiger partial charge on any atom is -0.345 e. The zero-order valence-electron chi connectivity index (χ0n) is 22.3. The molecule has 1 aliphatic heterocycles. The molecule has 1 unspecified atom stereocenters. The maximum atomic E-state index is 13.5. The summed E-state index contributed by atoms with van der Waals surface area (Å²) in [7, 11) is 4.12. The van der Waals surface area contributed by atoms with E-state index in [9.17, 15) is 9.59 Å². The lowest BCUT2D eigenvalue weighted by Gasteiger charge is -2.30. The number of unbranched alkanes of at least 4 members (excludes halogenated alkanes) is 1. The quantitative estimate of drug-likeness (QED) is 0.333. The van der Waals surface area contributed by atoms with Gasteiger partial charge in [-0.15, -0.1) is 0 Å². The van der Waals surface area contributed by atoms with E-state index in [2.05, 4.69) is 69.0 Å². The summed E-state index contributed by atoms with van der Waals surface area (Å²) in [5.74, 6) is 0.773. The summed E-state index contributed by atoms with van der Waals surface area (Å²) in [5, 5.41) is 0. The van der Waals surface area contributed by atoms with Crippen LogP contribution in [0.15, 0.2) is 35.6 Å². The minimum absolute atomic E-state index is 0.196. The average Bonchev–Trinajstić information content (AvgIpc) is 3.00. The number of rotatable bonds is 15. The van der Waals surface area contributed by atoms with Gasteiger partial charge in [0.2, 0.25) is 12.3 Å². The standard InChI is InChI=1S/C28H48N4O2/c1-6-8-18-32(26-12-9-11-25(7-2)13-14-26)28(34)22-31-21-24(3)20-27(31)15-19-30(23-33)17-10-16-29(4)5/h9,11-12,14,23-24,27H,6-8,10,13,15-22H2,1-5H3/t24-,27?/m1/s1.